The van der Waals surface area contributed by atoms with Crippen LogP contribution in [0.1, 0.15) is 5.56 Å². The molecule has 0 aromatic heterocycles. The fraction of sp³-hybridized carbons (Fsp3) is 0.261. The molecule has 31 heavy (non-hydrogen) atoms. The first-order valence-corrected chi connectivity index (χ1v) is 11.9. The van der Waals surface area contributed by atoms with Crippen LogP contribution in [0.5, 0.6) is 5.75 Å². The zero-order valence-corrected chi connectivity index (χ0v) is 18.5. The maximum Gasteiger partial charge on any atom is 0.228 e. The minimum atomic E-state index is -3.18. The fourth-order valence-corrected chi connectivity index (χ4v) is 3.69. The molecule has 0 saturated carbocycles. The molecule has 8 heteroatoms. The molecule has 3 aromatic carbocycles. The SMILES string of the molecule is CN(c1ccccc1)N(C=O)CCOc1ccc2cc(CCNS(C)(=O)=O)ccc2c1. The number of anilines is 1. The number of sulfonamides is 1. The van der Waals surface area contributed by atoms with E-state index in [9.17, 15) is 13.2 Å². The van der Waals surface area contributed by atoms with Crippen molar-refractivity contribution in [3.8, 4) is 5.75 Å². The van der Waals surface area contributed by atoms with E-state index in [1.165, 1.54) is 0 Å². The zero-order valence-electron chi connectivity index (χ0n) is 17.7. The maximum absolute atomic E-state index is 11.5. The van der Waals surface area contributed by atoms with Crippen molar-refractivity contribution in [2.75, 3.05) is 38.0 Å². The topological polar surface area (TPSA) is 79.0 Å². The second kappa shape index (κ2) is 10.3. The number of nitrogens with zero attached hydrogens (tertiary/aromatic N) is 2. The average Bonchev–Trinajstić information content (AvgIpc) is 2.76. The summed E-state index contributed by atoms with van der Waals surface area (Å²) in [6.07, 6.45) is 2.57. The summed E-state index contributed by atoms with van der Waals surface area (Å²) < 4.78 is 30.7. The Morgan fingerprint density at radius 1 is 1.00 bits per heavy atom. The van der Waals surface area contributed by atoms with Gasteiger partial charge in [-0.05, 0) is 47.0 Å². The van der Waals surface area contributed by atoms with Gasteiger partial charge < -0.3 is 4.74 Å². The highest BCUT2D eigenvalue weighted by atomic mass is 32.2. The van der Waals surface area contributed by atoms with Crippen molar-refractivity contribution in [3.63, 3.8) is 0 Å². The van der Waals surface area contributed by atoms with Crippen LogP contribution >= 0.6 is 0 Å². The van der Waals surface area contributed by atoms with E-state index in [4.69, 9.17) is 4.74 Å². The summed E-state index contributed by atoms with van der Waals surface area (Å²) in [5, 5.41) is 5.44. The van der Waals surface area contributed by atoms with Gasteiger partial charge in [-0.15, -0.1) is 0 Å². The van der Waals surface area contributed by atoms with Gasteiger partial charge >= 0.3 is 0 Å². The molecule has 0 atom stereocenters. The Labute approximate surface area is 183 Å². The van der Waals surface area contributed by atoms with Crippen LogP contribution in [0.4, 0.5) is 5.69 Å². The minimum Gasteiger partial charge on any atom is -0.492 e. The van der Waals surface area contributed by atoms with Crippen LogP contribution < -0.4 is 14.5 Å². The Morgan fingerprint density at radius 3 is 2.42 bits per heavy atom. The molecular weight excluding hydrogens is 414 g/mol. The first-order valence-electron chi connectivity index (χ1n) is 9.96. The molecule has 0 bridgehead atoms. The molecule has 0 radical (unpaired) electrons. The van der Waals surface area contributed by atoms with E-state index in [1.807, 2.05) is 73.8 Å². The van der Waals surface area contributed by atoms with Crippen LogP contribution in [0, 0.1) is 0 Å². The molecule has 0 heterocycles. The quantitative estimate of drug-likeness (QED) is 0.366. The Hall–Kier alpha value is -3.10. The number of rotatable bonds is 11. The minimum absolute atomic E-state index is 0.358. The molecule has 3 rings (SSSR count). The van der Waals surface area contributed by atoms with Gasteiger partial charge in [0.25, 0.3) is 0 Å². The van der Waals surface area contributed by atoms with Gasteiger partial charge in [0.2, 0.25) is 16.4 Å². The normalized spacial score (nSPS) is 11.3. The van der Waals surface area contributed by atoms with Gasteiger partial charge in [0.15, 0.2) is 0 Å². The van der Waals surface area contributed by atoms with Crippen LogP contribution in [-0.4, -0.2) is 52.8 Å². The summed E-state index contributed by atoms with van der Waals surface area (Å²) >= 11 is 0. The van der Waals surface area contributed by atoms with Crippen LogP contribution in [-0.2, 0) is 21.2 Å². The number of hydrogen-bond donors (Lipinski definition) is 1. The molecule has 0 aliphatic rings. The van der Waals surface area contributed by atoms with Crippen molar-refractivity contribution < 1.29 is 17.9 Å². The predicted octanol–water partition coefficient (Wildman–Crippen LogP) is 2.82. The Kier molecular flexibility index (Phi) is 7.49. The van der Waals surface area contributed by atoms with E-state index < -0.39 is 10.0 Å². The summed E-state index contributed by atoms with van der Waals surface area (Å²) in [6.45, 7) is 1.14. The van der Waals surface area contributed by atoms with Gasteiger partial charge in [0, 0.05) is 13.6 Å². The van der Waals surface area contributed by atoms with Crippen LogP contribution in [0.2, 0.25) is 0 Å². The first kappa shape index (κ1) is 22.6. The monoisotopic (exact) mass is 441 g/mol. The van der Waals surface area contributed by atoms with Crippen molar-refractivity contribution in [2.45, 2.75) is 6.42 Å². The molecule has 0 saturated heterocycles. The molecule has 0 fully saturated rings. The third-order valence-electron chi connectivity index (χ3n) is 4.88. The molecule has 3 aromatic rings. The summed E-state index contributed by atoms with van der Waals surface area (Å²) in [4.78, 5) is 11.5. The number of ether oxygens (including phenoxy) is 1. The first-order chi connectivity index (χ1) is 14.9. The summed E-state index contributed by atoms with van der Waals surface area (Å²) in [7, 11) is -1.34. The van der Waals surface area contributed by atoms with Gasteiger partial charge in [-0.3, -0.25) is 14.8 Å². The third-order valence-corrected chi connectivity index (χ3v) is 5.61. The fourth-order valence-electron chi connectivity index (χ4n) is 3.22. The molecule has 0 unspecified atom stereocenters. The Balaban J connectivity index is 1.56. The van der Waals surface area contributed by atoms with Crippen molar-refractivity contribution in [1.82, 2.24) is 9.73 Å². The molecule has 164 valence electrons. The largest absolute Gasteiger partial charge is 0.492 e. The molecule has 1 amide bonds. The molecule has 0 aliphatic heterocycles. The molecule has 1 N–H and O–H groups in total. The highest BCUT2D eigenvalue weighted by molar-refractivity contribution is 7.88. The maximum atomic E-state index is 11.5. The Morgan fingerprint density at radius 2 is 1.71 bits per heavy atom. The highest BCUT2D eigenvalue weighted by Gasteiger charge is 2.10. The van der Waals surface area contributed by atoms with E-state index >= 15 is 0 Å². The number of carbonyl (C=O) groups is 1. The third kappa shape index (κ3) is 6.70. The smallest absolute Gasteiger partial charge is 0.228 e. The number of hydrogen-bond acceptors (Lipinski definition) is 5. The van der Waals surface area contributed by atoms with Gasteiger partial charge in [-0.2, -0.15) is 0 Å². The van der Waals surface area contributed by atoms with Crippen molar-refractivity contribution in [2.24, 2.45) is 0 Å². The van der Waals surface area contributed by atoms with Crippen LogP contribution in [0.15, 0.2) is 66.7 Å². The lowest BCUT2D eigenvalue weighted by Crippen LogP contribution is -2.41. The molecule has 7 nitrogen and oxygen atoms in total. The second-order valence-electron chi connectivity index (χ2n) is 7.24. The van der Waals surface area contributed by atoms with E-state index in [0.29, 0.717) is 26.1 Å². The van der Waals surface area contributed by atoms with Crippen molar-refractivity contribution in [3.05, 3.63) is 72.3 Å². The lowest BCUT2D eigenvalue weighted by atomic mass is 10.0. The molecular formula is C23H27N3O4S. The van der Waals surface area contributed by atoms with E-state index in [1.54, 1.807) is 10.0 Å². The summed E-state index contributed by atoms with van der Waals surface area (Å²) in [5.74, 6) is 0.729. The van der Waals surface area contributed by atoms with E-state index in [0.717, 1.165) is 40.4 Å². The van der Waals surface area contributed by atoms with Crippen LogP contribution in [0.25, 0.3) is 10.8 Å². The van der Waals surface area contributed by atoms with Gasteiger partial charge in [-0.1, -0.05) is 42.5 Å². The summed E-state index contributed by atoms with van der Waals surface area (Å²) in [6, 6.07) is 21.5. The Bertz CT molecular complexity index is 1120. The zero-order chi connectivity index (χ0) is 22.3. The van der Waals surface area contributed by atoms with Crippen LogP contribution in [0.3, 0.4) is 0 Å². The van der Waals surface area contributed by atoms with Crippen molar-refractivity contribution >= 4 is 32.9 Å². The van der Waals surface area contributed by atoms with Crippen molar-refractivity contribution in [1.29, 1.82) is 0 Å². The van der Waals surface area contributed by atoms with E-state index in [2.05, 4.69) is 4.72 Å². The van der Waals surface area contributed by atoms with E-state index in [-0.39, 0.29) is 0 Å². The van der Waals surface area contributed by atoms with Gasteiger partial charge in [0.05, 0.1) is 18.5 Å². The number of amides is 1. The predicted molar refractivity (Wildman–Crippen MR) is 124 cm³/mol. The number of hydrazine groups is 1. The average molecular weight is 442 g/mol. The highest BCUT2D eigenvalue weighted by Crippen LogP contribution is 2.22. The number of carbonyl (C=O) groups excluding carboxylic acids is 1. The number of benzene rings is 3. The number of para-hydroxylation sites is 1. The standard InChI is InChI=1S/C23H27N3O4S/c1-25(22-6-4-3-5-7-22)26(18-27)14-15-30-23-11-10-20-16-19(8-9-21(20)17-23)12-13-24-31(2,28)29/h3-11,16-18,24H,12-15H2,1-2H3. The molecule has 0 aliphatic carbocycles. The number of fused-ring (bicyclic) bond motifs is 1. The number of nitrogens with one attached hydrogen (secondary N) is 1. The van der Waals surface area contributed by atoms with Gasteiger partial charge in [-0.25, -0.2) is 13.1 Å². The lowest BCUT2D eigenvalue weighted by molar-refractivity contribution is -0.118. The van der Waals surface area contributed by atoms with Gasteiger partial charge in [0.1, 0.15) is 12.4 Å². The summed E-state index contributed by atoms with van der Waals surface area (Å²) in [5.41, 5.74) is 1.98. The molecule has 0 spiro atoms. The lowest BCUT2D eigenvalue weighted by Gasteiger charge is -2.30. The second-order valence-corrected chi connectivity index (χ2v) is 9.07.